The second kappa shape index (κ2) is 6.55. The maximum Gasteiger partial charge on any atom is 0.230 e. The lowest BCUT2D eigenvalue weighted by molar-refractivity contribution is -0.115. The number of ether oxygens (including phenoxy) is 2. The number of hydrogen-bond acceptors (Lipinski definition) is 5. The topological polar surface area (TPSA) is 60.5 Å². The van der Waals surface area contributed by atoms with Crippen LogP contribution in [0.25, 0.3) is 21.0 Å². The minimum absolute atomic E-state index is 0.0819. The van der Waals surface area contributed by atoms with Gasteiger partial charge in [-0.25, -0.2) is 4.98 Å². The average molecular weight is 376 g/mol. The molecule has 134 valence electrons. The van der Waals surface area contributed by atoms with E-state index in [1.807, 2.05) is 36.4 Å². The quantitative estimate of drug-likeness (QED) is 0.576. The van der Waals surface area contributed by atoms with Gasteiger partial charge in [-0.15, -0.1) is 0 Å². The second-order valence-corrected chi connectivity index (χ2v) is 7.42. The van der Waals surface area contributed by atoms with Gasteiger partial charge in [0.2, 0.25) is 5.91 Å². The summed E-state index contributed by atoms with van der Waals surface area (Å²) in [5.74, 6) is 1.35. The predicted molar refractivity (Wildman–Crippen MR) is 107 cm³/mol. The summed E-state index contributed by atoms with van der Waals surface area (Å²) in [7, 11) is 0. The van der Waals surface area contributed by atoms with Crippen molar-refractivity contribution in [1.29, 1.82) is 0 Å². The Morgan fingerprint density at radius 3 is 2.63 bits per heavy atom. The summed E-state index contributed by atoms with van der Waals surface area (Å²) in [5.41, 5.74) is 1.77. The number of rotatable bonds is 3. The highest BCUT2D eigenvalue weighted by atomic mass is 32.1. The molecule has 2 heterocycles. The number of nitrogens with zero attached hydrogens (tertiary/aromatic N) is 1. The maximum atomic E-state index is 12.5. The van der Waals surface area contributed by atoms with Gasteiger partial charge >= 0.3 is 0 Å². The van der Waals surface area contributed by atoms with Crippen molar-refractivity contribution >= 4 is 43.4 Å². The molecule has 3 aromatic carbocycles. The largest absolute Gasteiger partial charge is 0.486 e. The van der Waals surface area contributed by atoms with Crippen molar-refractivity contribution < 1.29 is 14.3 Å². The molecule has 1 N–H and O–H groups in total. The van der Waals surface area contributed by atoms with Crippen LogP contribution in [-0.2, 0) is 11.2 Å². The van der Waals surface area contributed by atoms with Gasteiger partial charge in [-0.1, -0.05) is 53.8 Å². The summed E-state index contributed by atoms with van der Waals surface area (Å²) in [6.45, 7) is 1.09. The molecule has 0 radical (unpaired) electrons. The van der Waals surface area contributed by atoms with Gasteiger partial charge in [0.25, 0.3) is 0 Å². The van der Waals surface area contributed by atoms with E-state index >= 15 is 0 Å². The lowest BCUT2D eigenvalue weighted by Crippen LogP contribution is -2.15. The summed E-state index contributed by atoms with van der Waals surface area (Å²) >= 11 is 1.43. The van der Waals surface area contributed by atoms with E-state index in [0.29, 0.717) is 30.5 Å². The number of carbonyl (C=O) groups is 1. The summed E-state index contributed by atoms with van der Waals surface area (Å²) in [5, 5.41) is 5.79. The third-order valence-corrected chi connectivity index (χ3v) is 5.41. The van der Waals surface area contributed by atoms with E-state index in [9.17, 15) is 4.79 Å². The molecule has 0 fully saturated rings. The fourth-order valence-electron chi connectivity index (χ4n) is 3.22. The number of anilines is 1. The van der Waals surface area contributed by atoms with Gasteiger partial charge in [-0.2, -0.15) is 0 Å². The zero-order valence-corrected chi connectivity index (χ0v) is 15.2. The van der Waals surface area contributed by atoms with Crippen LogP contribution < -0.4 is 14.8 Å². The van der Waals surface area contributed by atoms with Crippen molar-refractivity contribution in [2.45, 2.75) is 6.42 Å². The Balaban J connectivity index is 1.35. The molecule has 27 heavy (non-hydrogen) atoms. The Labute approximate surface area is 159 Å². The van der Waals surface area contributed by atoms with E-state index in [-0.39, 0.29) is 5.91 Å². The molecule has 1 aliphatic heterocycles. The number of benzene rings is 3. The van der Waals surface area contributed by atoms with Crippen molar-refractivity contribution in [3.8, 4) is 11.5 Å². The van der Waals surface area contributed by atoms with Gasteiger partial charge in [-0.05, 0) is 16.3 Å². The van der Waals surface area contributed by atoms with Gasteiger partial charge in [0.1, 0.15) is 13.2 Å². The van der Waals surface area contributed by atoms with E-state index in [2.05, 4.69) is 28.5 Å². The molecule has 6 heteroatoms. The van der Waals surface area contributed by atoms with Crippen LogP contribution in [0.15, 0.2) is 54.6 Å². The van der Waals surface area contributed by atoms with Crippen molar-refractivity contribution in [3.05, 3.63) is 60.2 Å². The number of hydrogen-bond donors (Lipinski definition) is 1. The highest BCUT2D eigenvalue weighted by Gasteiger charge is 2.16. The Hall–Kier alpha value is -3.12. The van der Waals surface area contributed by atoms with Crippen LogP contribution in [0.2, 0.25) is 0 Å². The normalized spacial score (nSPS) is 13.0. The monoisotopic (exact) mass is 376 g/mol. The second-order valence-electron chi connectivity index (χ2n) is 6.39. The van der Waals surface area contributed by atoms with Crippen LogP contribution in [0.3, 0.4) is 0 Å². The molecule has 5 nitrogen and oxygen atoms in total. The van der Waals surface area contributed by atoms with E-state index in [1.165, 1.54) is 16.7 Å². The molecule has 0 spiro atoms. The number of nitrogens with one attached hydrogen (secondary N) is 1. The maximum absolute atomic E-state index is 12.5. The minimum Gasteiger partial charge on any atom is -0.486 e. The summed E-state index contributed by atoms with van der Waals surface area (Å²) < 4.78 is 12.1. The molecule has 0 saturated heterocycles. The molecule has 4 aromatic rings. The number of fused-ring (bicyclic) bond motifs is 3. The van der Waals surface area contributed by atoms with E-state index in [4.69, 9.17) is 9.47 Å². The first kappa shape index (κ1) is 16.1. The minimum atomic E-state index is -0.0819. The highest BCUT2D eigenvalue weighted by Crippen LogP contribution is 2.37. The fraction of sp³-hybridized carbons (Fsp3) is 0.143. The van der Waals surface area contributed by atoms with Crippen molar-refractivity contribution in [2.75, 3.05) is 18.5 Å². The summed E-state index contributed by atoms with van der Waals surface area (Å²) in [6, 6.07) is 18.0. The first-order valence-corrected chi connectivity index (χ1v) is 9.54. The fourth-order valence-corrected chi connectivity index (χ4v) is 4.11. The van der Waals surface area contributed by atoms with Gasteiger partial charge in [0.15, 0.2) is 16.6 Å². The summed E-state index contributed by atoms with van der Waals surface area (Å²) in [6.07, 6.45) is 0.309. The smallest absolute Gasteiger partial charge is 0.230 e. The van der Waals surface area contributed by atoms with Gasteiger partial charge in [0.05, 0.1) is 16.6 Å². The molecule has 1 aliphatic rings. The third-order valence-electron chi connectivity index (χ3n) is 4.48. The van der Waals surface area contributed by atoms with Crippen LogP contribution in [0, 0.1) is 0 Å². The predicted octanol–water partition coefficient (Wildman–Crippen LogP) is 4.40. The van der Waals surface area contributed by atoms with E-state index in [1.54, 1.807) is 0 Å². The van der Waals surface area contributed by atoms with Gasteiger partial charge < -0.3 is 14.8 Å². The molecule has 1 amide bonds. The number of carbonyl (C=O) groups excluding carboxylic acids is 1. The van der Waals surface area contributed by atoms with E-state index < -0.39 is 0 Å². The Kier molecular flexibility index (Phi) is 3.90. The Bertz CT molecular complexity index is 1130. The number of amides is 1. The average Bonchev–Trinajstić information content (AvgIpc) is 3.06. The molecule has 0 aliphatic carbocycles. The van der Waals surface area contributed by atoms with Crippen LogP contribution in [0.4, 0.5) is 5.13 Å². The molecule has 5 rings (SSSR count). The third kappa shape index (κ3) is 3.19. The Morgan fingerprint density at radius 1 is 1.00 bits per heavy atom. The van der Waals surface area contributed by atoms with Crippen LogP contribution in [0.5, 0.6) is 11.5 Å². The zero-order chi connectivity index (χ0) is 18.2. The number of thiazole rings is 1. The van der Waals surface area contributed by atoms with Gasteiger partial charge in [0, 0.05) is 12.1 Å². The molecule has 0 atom stereocenters. The van der Waals surface area contributed by atoms with Crippen LogP contribution in [-0.4, -0.2) is 24.1 Å². The zero-order valence-electron chi connectivity index (χ0n) is 14.4. The van der Waals surface area contributed by atoms with Crippen LogP contribution >= 0.6 is 11.3 Å². The molecular weight excluding hydrogens is 360 g/mol. The molecule has 0 unspecified atom stereocenters. The first-order valence-electron chi connectivity index (χ1n) is 8.72. The molecule has 0 saturated carbocycles. The van der Waals surface area contributed by atoms with Crippen molar-refractivity contribution in [1.82, 2.24) is 4.98 Å². The SMILES string of the molecule is O=C(Cc1ccc2ccccc2c1)Nc1nc2cc3c(cc2s1)OCCO3. The molecule has 0 bridgehead atoms. The lowest BCUT2D eigenvalue weighted by Gasteiger charge is -2.17. The standard InChI is InChI=1S/C21H16N2O3S/c24-20(10-13-5-6-14-3-1-2-4-15(14)9-13)23-21-22-16-11-17-18(12-19(16)27-21)26-8-7-25-17/h1-6,9,11-12H,7-8,10H2,(H,22,23,24). The van der Waals surface area contributed by atoms with Crippen LogP contribution in [0.1, 0.15) is 5.56 Å². The molecular formula is C21H16N2O3S. The van der Waals surface area contributed by atoms with E-state index in [0.717, 1.165) is 26.9 Å². The molecule has 1 aromatic heterocycles. The Morgan fingerprint density at radius 2 is 1.78 bits per heavy atom. The van der Waals surface area contributed by atoms with Crippen molar-refractivity contribution in [3.63, 3.8) is 0 Å². The van der Waals surface area contributed by atoms with Crippen molar-refractivity contribution in [2.24, 2.45) is 0 Å². The van der Waals surface area contributed by atoms with Gasteiger partial charge in [-0.3, -0.25) is 4.79 Å². The first-order chi connectivity index (χ1) is 13.2. The lowest BCUT2D eigenvalue weighted by atomic mass is 10.1. The highest BCUT2D eigenvalue weighted by molar-refractivity contribution is 7.22. The summed E-state index contributed by atoms with van der Waals surface area (Å²) in [4.78, 5) is 17.0. The number of aromatic nitrogens is 1.